The monoisotopic (exact) mass is 300 g/mol. The van der Waals surface area contributed by atoms with Crippen molar-refractivity contribution in [3.8, 4) is 6.07 Å². The zero-order valence-corrected chi connectivity index (χ0v) is 14.1. The highest BCUT2D eigenvalue weighted by molar-refractivity contribution is 5.88. The van der Waals surface area contributed by atoms with E-state index in [0.29, 0.717) is 12.0 Å². The lowest BCUT2D eigenvalue weighted by atomic mass is 9.48. The van der Waals surface area contributed by atoms with Crippen LogP contribution in [-0.2, 0) is 4.79 Å². The van der Waals surface area contributed by atoms with Gasteiger partial charge in [-0.3, -0.25) is 4.79 Å². The van der Waals surface area contributed by atoms with Crippen molar-refractivity contribution in [2.24, 2.45) is 29.1 Å². The average Bonchev–Trinajstić information content (AvgIpc) is 2.45. The van der Waals surface area contributed by atoms with Gasteiger partial charge in [-0.2, -0.15) is 5.26 Å². The van der Waals surface area contributed by atoms with E-state index in [1.807, 2.05) is 13.0 Å². The van der Waals surface area contributed by atoms with Crippen molar-refractivity contribution in [2.75, 3.05) is 13.6 Å². The summed E-state index contributed by atoms with van der Waals surface area (Å²) in [6.07, 6.45) is 10.1. The summed E-state index contributed by atoms with van der Waals surface area (Å²) in [5.41, 5.74) is 1.61. The first-order valence-electron chi connectivity index (χ1n) is 8.75. The Morgan fingerprint density at radius 1 is 1.27 bits per heavy atom. The summed E-state index contributed by atoms with van der Waals surface area (Å²) in [4.78, 5) is 14.1. The molecule has 120 valence electrons. The Hall–Kier alpha value is -1.30. The lowest BCUT2D eigenvalue weighted by Crippen LogP contribution is -2.46. The maximum Gasteiger partial charge on any atom is 0.246 e. The van der Waals surface area contributed by atoms with E-state index in [9.17, 15) is 4.79 Å². The fourth-order valence-corrected chi connectivity index (χ4v) is 5.58. The molecule has 4 fully saturated rings. The third-order valence-corrected chi connectivity index (χ3v) is 6.36. The van der Waals surface area contributed by atoms with Crippen LogP contribution in [0.3, 0.4) is 0 Å². The van der Waals surface area contributed by atoms with Crippen LogP contribution in [0.15, 0.2) is 11.6 Å². The van der Waals surface area contributed by atoms with Gasteiger partial charge in [0.15, 0.2) is 0 Å². The molecule has 0 aromatic rings. The summed E-state index contributed by atoms with van der Waals surface area (Å²) in [5.74, 6) is 2.67. The number of amides is 1. The first kappa shape index (κ1) is 15.6. The molecule has 1 amide bonds. The number of rotatable bonds is 4. The van der Waals surface area contributed by atoms with Gasteiger partial charge in [-0.25, -0.2) is 0 Å². The quantitative estimate of drug-likeness (QED) is 0.742. The van der Waals surface area contributed by atoms with Crippen LogP contribution >= 0.6 is 0 Å². The van der Waals surface area contributed by atoms with Crippen molar-refractivity contribution < 1.29 is 4.79 Å². The van der Waals surface area contributed by atoms with Gasteiger partial charge in [0.05, 0.1) is 12.0 Å². The molecule has 0 heterocycles. The van der Waals surface area contributed by atoms with Crippen LogP contribution in [0, 0.1) is 40.4 Å². The SMILES string of the molecule is C/C(=C/C(=O)N(C)C[C@@H](C)C#N)C12CC3CC(CC(C3)C1)C2. The summed E-state index contributed by atoms with van der Waals surface area (Å²) >= 11 is 0. The molecule has 0 aromatic carbocycles. The lowest BCUT2D eigenvalue weighted by molar-refractivity contribution is -0.125. The van der Waals surface area contributed by atoms with Crippen LogP contribution in [-0.4, -0.2) is 24.4 Å². The van der Waals surface area contributed by atoms with Crippen LogP contribution in [0.1, 0.15) is 52.4 Å². The standard InChI is InChI=1S/C19H28N2O/c1-13(11-20)12-21(3)18(22)4-14(2)19-8-15-5-16(9-19)7-17(6-15)10-19/h4,13,15-17H,5-10,12H2,1-3H3/b14-4-/t13-,15?,16?,17?,19?/m0/s1. The molecule has 22 heavy (non-hydrogen) atoms. The molecule has 0 saturated heterocycles. The topological polar surface area (TPSA) is 44.1 Å². The summed E-state index contributed by atoms with van der Waals surface area (Å²) in [5, 5.41) is 8.90. The maximum absolute atomic E-state index is 12.4. The van der Waals surface area contributed by atoms with Gasteiger partial charge in [-0.05, 0) is 75.5 Å². The van der Waals surface area contributed by atoms with E-state index in [4.69, 9.17) is 5.26 Å². The highest BCUT2D eigenvalue weighted by Crippen LogP contribution is 2.62. The van der Waals surface area contributed by atoms with Crippen LogP contribution in [0.5, 0.6) is 0 Å². The van der Waals surface area contributed by atoms with Crippen LogP contribution in [0.4, 0.5) is 0 Å². The normalized spacial score (nSPS) is 37.7. The van der Waals surface area contributed by atoms with Gasteiger partial charge in [0.1, 0.15) is 0 Å². The summed E-state index contributed by atoms with van der Waals surface area (Å²) in [6, 6.07) is 2.20. The van der Waals surface area contributed by atoms with E-state index in [1.165, 1.54) is 44.1 Å². The van der Waals surface area contributed by atoms with Crippen molar-refractivity contribution >= 4 is 5.91 Å². The van der Waals surface area contributed by atoms with E-state index in [2.05, 4.69) is 13.0 Å². The third kappa shape index (κ3) is 2.81. The highest BCUT2D eigenvalue weighted by atomic mass is 16.2. The predicted octanol–water partition coefficient (Wildman–Crippen LogP) is 3.77. The fraction of sp³-hybridized carbons (Fsp3) is 0.789. The number of hydrogen-bond donors (Lipinski definition) is 0. The van der Waals surface area contributed by atoms with Crippen LogP contribution in [0.2, 0.25) is 0 Å². The lowest BCUT2D eigenvalue weighted by Gasteiger charge is -2.57. The molecule has 4 aliphatic carbocycles. The third-order valence-electron chi connectivity index (χ3n) is 6.36. The molecule has 3 heteroatoms. The largest absolute Gasteiger partial charge is 0.341 e. The van der Waals surface area contributed by atoms with Gasteiger partial charge < -0.3 is 4.90 Å². The number of nitrogens with zero attached hydrogens (tertiary/aromatic N) is 2. The van der Waals surface area contributed by atoms with E-state index in [1.54, 1.807) is 11.9 Å². The fourth-order valence-electron chi connectivity index (χ4n) is 5.58. The van der Waals surface area contributed by atoms with Gasteiger partial charge in [-0.1, -0.05) is 5.57 Å². The number of carbonyl (C=O) groups is 1. The summed E-state index contributed by atoms with van der Waals surface area (Å²) < 4.78 is 0. The van der Waals surface area contributed by atoms with Crippen LogP contribution < -0.4 is 0 Å². The number of allylic oxidation sites excluding steroid dienone is 1. The molecular formula is C19H28N2O. The Bertz CT molecular complexity index is 493. The molecule has 4 saturated carbocycles. The van der Waals surface area contributed by atoms with E-state index in [0.717, 1.165) is 17.8 Å². The van der Waals surface area contributed by atoms with Crippen molar-refractivity contribution in [1.29, 1.82) is 5.26 Å². The molecular weight excluding hydrogens is 272 g/mol. The second-order valence-electron chi connectivity index (χ2n) is 8.27. The van der Waals surface area contributed by atoms with Gasteiger partial charge in [0, 0.05) is 19.7 Å². The molecule has 0 N–H and O–H groups in total. The van der Waals surface area contributed by atoms with Crippen LogP contribution in [0.25, 0.3) is 0 Å². The Balaban J connectivity index is 1.72. The average molecular weight is 300 g/mol. The zero-order valence-electron chi connectivity index (χ0n) is 14.1. The van der Waals surface area contributed by atoms with Crippen molar-refractivity contribution in [3.63, 3.8) is 0 Å². The molecule has 0 unspecified atom stereocenters. The molecule has 0 aromatic heterocycles. The summed E-state index contributed by atoms with van der Waals surface area (Å²) in [7, 11) is 1.81. The molecule has 0 aliphatic heterocycles. The second-order valence-corrected chi connectivity index (χ2v) is 8.27. The number of nitriles is 1. The Morgan fingerprint density at radius 3 is 2.23 bits per heavy atom. The second kappa shape index (κ2) is 5.72. The van der Waals surface area contributed by atoms with Gasteiger partial charge in [0.2, 0.25) is 5.91 Å². The molecule has 0 radical (unpaired) electrons. The van der Waals surface area contributed by atoms with Crippen molar-refractivity contribution in [2.45, 2.75) is 52.4 Å². The van der Waals surface area contributed by atoms with Crippen molar-refractivity contribution in [3.05, 3.63) is 11.6 Å². The number of likely N-dealkylation sites (N-methyl/N-ethyl adjacent to an activating group) is 1. The number of carbonyl (C=O) groups excluding carboxylic acids is 1. The summed E-state index contributed by atoms with van der Waals surface area (Å²) in [6.45, 7) is 4.55. The minimum atomic E-state index is -0.109. The van der Waals surface area contributed by atoms with Gasteiger partial charge >= 0.3 is 0 Å². The maximum atomic E-state index is 12.4. The molecule has 4 aliphatic rings. The minimum absolute atomic E-state index is 0.0651. The van der Waals surface area contributed by atoms with Gasteiger partial charge in [0.25, 0.3) is 0 Å². The zero-order chi connectivity index (χ0) is 15.9. The molecule has 0 spiro atoms. The van der Waals surface area contributed by atoms with Crippen molar-refractivity contribution in [1.82, 2.24) is 4.90 Å². The number of hydrogen-bond acceptors (Lipinski definition) is 2. The Kier molecular flexibility index (Phi) is 4.05. The molecule has 4 rings (SSSR count). The minimum Gasteiger partial charge on any atom is -0.341 e. The highest BCUT2D eigenvalue weighted by Gasteiger charge is 2.51. The first-order chi connectivity index (χ1) is 10.4. The predicted molar refractivity (Wildman–Crippen MR) is 86.8 cm³/mol. The van der Waals surface area contributed by atoms with E-state index in [-0.39, 0.29) is 11.8 Å². The Labute approximate surface area is 134 Å². The Morgan fingerprint density at radius 2 is 1.77 bits per heavy atom. The van der Waals surface area contributed by atoms with E-state index < -0.39 is 0 Å². The molecule has 4 bridgehead atoms. The van der Waals surface area contributed by atoms with Gasteiger partial charge in [-0.15, -0.1) is 0 Å². The molecule has 3 nitrogen and oxygen atoms in total. The van der Waals surface area contributed by atoms with E-state index >= 15 is 0 Å². The first-order valence-corrected chi connectivity index (χ1v) is 8.75. The molecule has 1 atom stereocenters. The smallest absolute Gasteiger partial charge is 0.246 e.